The standard InChI is InChI=1S/C28H18ClN5O2/c29-20-10-11-22-24(12-13-30-25(22)15-20)32-31-16-19-17-34(21-7-2-1-3-8-21)33-27(19)23-14-18-6-4-5-9-26(18)36-28(23)35/h1-17H,(H,30,32). The van der Waals surface area contributed by atoms with E-state index >= 15 is 0 Å². The van der Waals surface area contributed by atoms with Crippen LogP contribution >= 0.6 is 11.6 Å². The summed E-state index contributed by atoms with van der Waals surface area (Å²) in [5, 5.41) is 11.5. The molecule has 0 radical (unpaired) electrons. The molecule has 36 heavy (non-hydrogen) atoms. The molecule has 3 aromatic carbocycles. The van der Waals surface area contributed by atoms with E-state index in [1.54, 1.807) is 35.3 Å². The Kier molecular flexibility index (Phi) is 5.52. The van der Waals surface area contributed by atoms with Crippen LogP contribution in [0.1, 0.15) is 5.56 Å². The fourth-order valence-electron chi connectivity index (χ4n) is 4.02. The van der Waals surface area contributed by atoms with Crippen LogP contribution in [0.25, 0.3) is 38.8 Å². The first-order chi connectivity index (χ1) is 17.7. The van der Waals surface area contributed by atoms with Crippen LogP contribution < -0.4 is 11.1 Å². The summed E-state index contributed by atoms with van der Waals surface area (Å²) < 4.78 is 7.28. The third-order valence-corrected chi connectivity index (χ3v) is 5.99. The highest BCUT2D eigenvalue weighted by Crippen LogP contribution is 2.26. The highest BCUT2D eigenvalue weighted by Gasteiger charge is 2.16. The second-order valence-corrected chi connectivity index (χ2v) is 8.52. The van der Waals surface area contributed by atoms with Crippen molar-refractivity contribution in [2.24, 2.45) is 5.10 Å². The first-order valence-corrected chi connectivity index (χ1v) is 11.6. The summed E-state index contributed by atoms with van der Waals surface area (Å²) in [6.45, 7) is 0. The largest absolute Gasteiger partial charge is 0.422 e. The summed E-state index contributed by atoms with van der Waals surface area (Å²) in [5.41, 5.74) is 6.99. The van der Waals surface area contributed by atoms with Gasteiger partial charge in [0.2, 0.25) is 0 Å². The molecule has 3 aromatic heterocycles. The fraction of sp³-hybridized carbons (Fsp3) is 0. The molecule has 0 aliphatic heterocycles. The average molecular weight is 492 g/mol. The normalized spacial score (nSPS) is 11.5. The number of benzene rings is 3. The number of halogens is 1. The zero-order chi connectivity index (χ0) is 24.5. The number of nitrogens with one attached hydrogen (secondary N) is 1. The summed E-state index contributed by atoms with van der Waals surface area (Å²) in [6, 6.07) is 26.2. The lowest BCUT2D eigenvalue weighted by atomic mass is 10.1. The van der Waals surface area contributed by atoms with E-state index in [2.05, 4.69) is 15.5 Å². The molecule has 0 saturated carbocycles. The van der Waals surface area contributed by atoms with Crippen molar-refractivity contribution >= 4 is 45.4 Å². The summed E-state index contributed by atoms with van der Waals surface area (Å²) in [7, 11) is 0. The van der Waals surface area contributed by atoms with Gasteiger partial charge in [0.25, 0.3) is 0 Å². The van der Waals surface area contributed by atoms with Crippen molar-refractivity contribution in [3.8, 4) is 16.9 Å². The van der Waals surface area contributed by atoms with Gasteiger partial charge in [-0.3, -0.25) is 10.4 Å². The van der Waals surface area contributed by atoms with Crippen molar-refractivity contribution in [3.63, 3.8) is 0 Å². The first kappa shape index (κ1) is 21.8. The average Bonchev–Trinajstić information content (AvgIpc) is 3.32. The van der Waals surface area contributed by atoms with Crippen LogP contribution in [0.2, 0.25) is 5.02 Å². The molecule has 0 spiro atoms. The molecule has 0 amide bonds. The lowest BCUT2D eigenvalue weighted by molar-refractivity contribution is 0.563. The van der Waals surface area contributed by atoms with Crippen LogP contribution in [0.15, 0.2) is 112 Å². The van der Waals surface area contributed by atoms with E-state index in [1.807, 2.05) is 72.9 Å². The molecule has 8 heteroatoms. The molecule has 0 atom stereocenters. The topological polar surface area (TPSA) is 85.3 Å². The molecule has 0 bridgehead atoms. The predicted octanol–water partition coefficient (Wildman–Crippen LogP) is 6.29. The molecule has 0 unspecified atom stereocenters. The Labute approximate surface area is 210 Å². The number of fused-ring (bicyclic) bond motifs is 2. The lowest BCUT2D eigenvalue weighted by Crippen LogP contribution is -2.05. The van der Waals surface area contributed by atoms with Crippen LogP contribution in [0.3, 0.4) is 0 Å². The third-order valence-electron chi connectivity index (χ3n) is 5.75. The summed E-state index contributed by atoms with van der Waals surface area (Å²) in [5.74, 6) is 0. The number of hydrogen-bond acceptors (Lipinski definition) is 6. The van der Waals surface area contributed by atoms with Crippen molar-refractivity contribution in [2.75, 3.05) is 5.43 Å². The minimum Gasteiger partial charge on any atom is -0.422 e. The molecule has 1 N–H and O–H groups in total. The Hall–Kier alpha value is -4.75. The van der Waals surface area contributed by atoms with Crippen molar-refractivity contribution in [3.05, 3.63) is 118 Å². The van der Waals surface area contributed by atoms with Crippen LogP contribution in [-0.4, -0.2) is 21.0 Å². The number of hydrazone groups is 1. The zero-order valence-corrected chi connectivity index (χ0v) is 19.6. The zero-order valence-electron chi connectivity index (χ0n) is 18.8. The monoisotopic (exact) mass is 491 g/mol. The van der Waals surface area contributed by atoms with Gasteiger partial charge in [-0.25, -0.2) is 9.48 Å². The summed E-state index contributed by atoms with van der Waals surface area (Å²) >= 11 is 6.10. The maximum atomic E-state index is 12.9. The van der Waals surface area contributed by atoms with Gasteiger partial charge in [0.15, 0.2) is 0 Å². The Balaban J connectivity index is 1.43. The molecule has 0 saturated heterocycles. The maximum Gasteiger partial charge on any atom is 0.345 e. The van der Waals surface area contributed by atoms with Gasteiger partial charge < -0.3 is 4.42 Å². The van der Waals surface area contributed by atoms with E-state index in [4.69, 9.17) is 21.1 Å². The van der Waals surface area contributed by atoms with Gasteiger partial charge in [-0.2, -0.15) is 10.2 Å². The van der Waals surface area contributed by atoms with Crippen molar-refractivity contribution < 1.29 is 4.42 Å². The number of hydrogen-bond donors (Lipinski definition) is 1. The van der Waals surface area contributed by atoms with Gasteiger partial charge in [0, 0.05) is 33.8 Å². The summed E-state index contributed by atoms with van der Waals surface area (Å²) in [4.78, 5) is 17.3. The quantitative estimate of drug-likeness (QED) is 0.174. The molecule has 0 aliphatic rings. The molecule has 174 valence electrons. The van der Waals surface area contributed by atoms with Crippen LogP contribution in [-0.2, 0) is 0 Å². The molecule has 6 aromatic rings. The minimum atomic E-state index is -0.466. The predicted molar refractivity (Wildman–Crippen MR) is 143 cm³/mol. The maximum absolute atomic E-state index is 12.9. The molecule has 7 nitrogen and oxygen atoms in total. The third kappa shape index (κ3) is 4.12. The van der Waals surface area contributed by atoms with E-state index in [1.165, 1.54) is 0 Å². The Morgan fingerprint density at radius 2 is 1.81 bits per heavy atom. The van der Waals surface area contributed by atoms with Crippen molar-refractivity contribution in [1.29, 1.82) is 0 Å². The molecular weight excluding hydrogens is 474 g/mol. The Morgan fingerprint density at radius 1 is 0.972 bits per heavy atom. The van der Waals surface area contributed by atoms with E-state index in [0.717, 1.165) is 27.7 Å². The smallest absolute Gasteiger partial charge is 0.345 e. The summed E-state index contributed by atoms with van der Waals surface area (Å²) in [6.07, 6.45) is 5.16. The van der Waals surface area contributed by atoms with E-state index < -0.39 is 5.63 Å². The van der Waals surface area contributed by atoms with E-state index in [-0.39, 0.29) is 0 Å². The Bertz CT molecular complexity index is 1810. The van der Waals surface area contributed by atoms with Crippen LogP contribution in [0.4, 0.5) is 5.69 Å². The number of nitrogens with zero attached hydrogens (tertiary/aromatic N) is 4. The second-order valence-electron chi connectivity index (χ2n) is 8.09. The van der Waals surface area contributed by atoms with Crippen LogP contribution in [0, 0.1) is 0 Å². The highest BCUT2D eigenvalue weighted by molar-refractivity contribution is 6.31. The lowest BCUT2D eigenvalue weighted by Gasteiger charge is -2.05. The number of rotatable bonds is 5. The SMILES string of the molecule is O=c1oc2ccccc2cc1-c1nn(-c2ccccc2)cc1C=NNc1ccnc2cc(Cl)ccc12. The van der Waals surface area contributed by atoms with Crippen molar-refractivity contribution in [2.45, 2.75) is 0 Å². The second kappa shape index (κ2) is 9.13. The van der Waals surface area contributed by atoms with Gasteiger partial charge >= 0.3 is 5.63 Å². The van der Waals surface area contributed by atoms with E-state index in [0.29, 0.717) is 27.4 Å². The van der Waals surface area contributed by atoms with Gasteiger partial charge in [0.05, 0.1) is 28.7 Å². The molecule has 6 rings (SSSR count). The van der Waals surface area contributed by atoms with Crippen LogP contribution in [0.5, 0.6) is 0 Å². The Morgan fingerprint density at radius 3 is 2.69 bits per heavy atom. The highest BCUT2D eigenvalue weighted by atomic mass is 35.5. The molecule has 3 heterocycles. The van der Waals surface area contributed by atoms with Gasteiger partial charge in [0.1, 0.15) is 11.3 Å². The number of aromatic nitrogens is 3. The number of anilines is 1. The molecule has 0 fully saturated rings. The fourth-order valence-corrected chi connectivity index (χ4v) is 4.19. The van der Waals surface area contributed by atoms with Gasteiger partial charge in [-0.05, 0) is 48.5 Å². The van der Waals surface area contributed by atoms with Gasteiger partial charge in [-0.15, -0.1) is 0 Å². The number of pyridine rings is 1. The van der Waals surface area contributed by atoms with E-state index in [9.17, 15) is 4.79 Å². The minimum absolute atomic E-state index is 0.355. The first-order valence-electron chi connectivity index (χ1n) is 11.2. The van der Waals surface area contributed by atoms with Crippen molar-refractivity contribution in [1.82, 2.24) is 14.8 Å². The van der Waals surface area contributed by atoms with Gasteiger partial charge in [-0.1, -0.05) is 48.0 Å². The molecular formula is C28H18ClN5O2. The number of para-hydroxylation sites is 2. The molecule has 0 aliphatic carbocycles.